The molecule has 3 nitrogen and oxygen atoms in total. The molecule has 2 atom stereocenters. The van der Waals surface area contributed by atoms with Crippen LogP contribution in [0, 0.1) is 5.92 Å². The third-order valence-corrected chi connectivity index (χ3v) is 5.01. The highest BCUT2D eigenvalue weighted by Gasteiger charge is 2.45. The van der Waals surface area contributed by atoms with Gasteiger partial charge in [0.25, 0.3) is 0 Å². The van der Waals surface area contributed by atoms with E-state index in [0.29, 0.717) is 17.6 Å². The van der Waals surface area contributed by atoms with Crippen molar-refractivity contribution in [2.45, 2.75) is 45.1 Å². The van der Waals surface area contributed by atoms with Gasteiger partial charge in [0.1, 0.15) is 17.1 Å². The van der Waals surface area contributed by atoms with Gasteiger partial charge in [-0.25, -0.2) is 0 Å². The van der Waals surface area contributed by atoms with E-state index in [1.165, 1.54) is 5.57 Å². The Morgan fingerprint density at radius 1 is 1.29 bits per heavy atom. The molecule has 1 aliphatic heterocycles. The number of benzene rings is 1. The minimum absolute atomic E-state index is 0.202. The van der Waals surface area contributed by atoms with Crippen LogP contribution in [0.3, 0.4) is 0 Å². The monoisotopic (exact) mass is 287 g/mol. The van der Waals surface area contributed by atoms with Crippen molar-refractivity contribution in [3.63, 3.8) is 0 Å². The van der Waals surface area contributed by atoms with Gasteiger partial charge in [0.05, 0.1) is 0 Å². The van der Waals surface area contributed by atoms with Crippen LogP contribution in [-0.4, -0.2) is 24.8 Å². The molecule has 0 radical (unpaired) electrons. The number of fused-ring (bicyclic) bond motifs is 3. The zero-order valence-electron chi connectivity index (χ0n) is 13.6. The van der Waals surface area contributed by atoms with Crippen LogP contribution < -0.4 is 9.64 Å². The Morgan fingerprint density at radius 2 is 2.00 bits per heavy atom. The number of anilines is 1. The zero-order chi connectivity index (χ0) is 15.4. The van der Waals surface area contributed by atoms with E-state index in [1.807, 2.05) is 25.1 Å². The Kier molecular flexibility index (Phi) is 3.19. The predicted octanol–water partition coefficient (Wildman–Crippen LogP) is 4.07. The molecule has 3 rings (SSSR count). The summed E-state index contributed by atoms with van der Waals surface area (Å²) in [7, 11) is 3.96. The molecular weight excluding hydrogens is 262 g/mol. The second-order valence-electron chi connectivity index (χ2n) is 7.18. The highest BCUT2D eigenvalue weighted by atomic mass is 16.5. The molecule has 1 N–H and O–H groups in total. The van der Waals surface area contributed by atoms with Crippen molar-refractivity contribution in [3.05, 3.63) is 29.3 Å². The van der Waals surface area contributed by atoms with Gasteiger partial charge < -0.3 is 14.7 Å². The third kappa shape index (κ3) is 2.29. The normalized spacial score (nSPS) is 26.2. The van der Waals surface area contributed by atoms with Crippen LogP contribution in [0.1, 0.15) is 45.1 Å². The Morgan fingerprint density at radius 3 is 2.67 bits per heavy atom. The first-order valence-electron chi connectivity index (χ1n) is 7.68. The SMILES string of the molecule is CC1=CCC2C(C1)c1c(O)cc(N(C)C)cc1OC2(C)C. The third-order valence-electron chi connectivity index (χ3n) is 5.01. The first-order valence-corrected chi connectivity index (χ1v) is 7.68. The predicted molar refractivity (Wildman–Crippen MR) is 86.4 cm³/mol. The van der Waals surface area contributed by atoms with Gasteiger partial charge in [0.15, 0.2) is 0 Å². The lowest BCUT2D eigenvalue weighted by molar-refractivity contribution is 0.00768. The number of ether oxygens (including phenoxy) is 1. The number of rotatable bonds is 1. The van der Waals surface area contributed by atoms with E-state index in [4.69, 9.17) is 4.74 Å². The second-order valence-corrected chi connectivity index (χ2v) is 7.18. The van der Waals surface area contributed by atoms with Crippen LogP contribution in [0.5, 0.6) is 11.5 Å². The summed E-state index contributed by atoms with van der Waals surface area (Å²) in [6, 6.07) is 3.91. The quantitative estimate of drug-likeness (QED) is 0.790. The summed E-state index contributed by atoms with van der Waals surface area (Å²) >= 11 is 0. The summed E-state index contributed by atoms with van der Waals surface area (Å²) in [5.41, 5.74) is 3.18. The molecule has 0 saturated carbocycles. The summed E-state index contributed by atoms with van der Waals surface area (Å²) in [5, 5.41) is 10.6. The lowest BCUT2D eigenvalue weighted by atomic mass is 9.67. The van der Waals surface area contributed by atoms with Crippen LogP contribution in [0.25, 0.3) is 0 Å². The van der Waals surface area contributed by atoms with Crippen molar-refractivity contribution in [2.24, 2.45) is 5.92 Å². The van der Waals surface area contributed by atoms with Gasteiger partial charge in [-0.05, 0) is 33.6 Å². The number of phenolic OH excluding ortho intramolecular Hbond substituents is 1. The standard InChI is InChI=1S/C18H25NO2/c1-11-6-7-14-13(8-11)17-15(20)9-12(19(4)5)10-16(17)21-18(14,2)3/h6,9-10,13-14,20H,7-8H2,1-5H3. The fourth-order valence-electron chi connectivity index (χ4n) is 3.81. The summed E-state index contributed by atoms with van der Waals surface area (Å²) in [4.78, 5) is 1.99. The number of allylic oxidation sites excluding steroid dienone is 2. The van der Waals surface area contributed by atoms with E-state index in [-0.39, 0.29) is 5.60 Å². The van der Waals surface area contributed by atoms with Crippen LogP contribution in [0.2, 0.25) is 0 Å². The minimum atomic E-state index is -0.202. The molecule has 2 aliphatic rings. The molecule has 3 heteroatoms. The van der Waals surface area contributed by atoms with Gasteiger partial charge in [0.2, 0.25) is 0 Å². The Bertz CT molecular complexity index is 601. The fraction of sp³-hybridized carbons (Fsp3) is 0.556. The van der Waals surface area contributed by atoms with E-state index >= 15 is 0 Å². The molecule has 1 aliphatic carbocycles. The highest BCUT2D eigenvalue weighted by Crippen LogP contribution is 2.54. The van der Waals surface area contributed by atoms with Crippen LogP contribution >= 0.6 is 0 Å². The maximum atomic E-state index is 10.6. The van der Waals surface area contributed by atoms with E-state index in [0.717, 1.165) is 29.8 Å². The van der Waals surface area contributed by atoms with Gasteiger partial charge in [-0.2, -0.15) is 0 Å². The molecule has 1 heterocycles. The highest BCUT2D eigenvalue weighted by molar-refractivity contribution is 5.61. The number of hydrogen-bond acceptors (Lipinski definition) is 3. The molecule has 1 aromatic carbocycles. The Labute approximate surface area is 127 Å². The van der Waals surface area contributed by atoms with Gasteiger partial charge in [0, 0.05) is 49.3 Å². The van der Waals surface area contributed by atoms with Crippen molar-refractivity contribution in [1.29, 1.82) is 0 Å². The lowest BCUT2D eigenvalue weighted by Crippen LogP contribution is -2.45. The van der Waals surface area contributed by atoms with Crippen molar-refractivity contribution in [2.75, 3.05) is 19.0 Å². The van der Waals surface area contributed by atoms with Gasteiger partial charge >= 0.3 is 0 Å². The smallest absolute Gasteiger partial charge is 0.129 e. The van der Waals surface area contributed by atoms with Crippen molar-refractivity contribution in [3.8, 4) is 11.5 Å². The largest absolute Gasteiger partial charge is 0.507 e. The Balaban J connectivity index is 2.14. The van der Waals surface area contributed by atoms with Gasteiger partial charge in [-0.3, -0.25) is 0 Å². The van der Waals surface area contributed by atoms with Gasteiger partial charge in [-0.15, -0.1) is 0 Å². The molecular formula is C18H25NO2. The number of hydrogen-bond donors (Lipinski definition) is 1. The number of nitrogens with zero attached hydrogens (tertiary/aromatic N) is 1. The maximum Gasteiger partial charge on any atom is 0.129 e. The maximum absolute atomic E-state index is 10.6. The average Bonchev–Trinajstić information content (AvgIpc) is 2.36. The van der Waals surface area contributed by atoms with Crippen molar-refractivity contribution < 1.29 is 9.84 Å². The molecule has 0 aromatic heterocycles. The van der Waals surface area contributed by atoms with Crippen molar-refractivity contribution in [1.82, 2.24) is 0 Å². The van der Waals surface area contributed by atoms with E-state index in [9.17, 15) is 5.11 Å². The topological polar surface area (TPSA) is 32.7 Å². The molecule has 0 saturated heterocycles. The average molecular weight is 287 g/mol. The first kappa shape index (κ1) is 14.3. The van der Waals surface area contributed by atoms with E-state index < -0.39 is 0 Å². The van der Waals surface area contributed by atoms with E-state index in [2.05, 4.69) is 32.9 Å². The molecule has 21 heavy (non-hydrogen) atoms. The molecule has 114 valence electrons. The van der Waals surface area contributed by atoms with Crippen LogP contribution in [0.15, 0.2) is 23.8 Å². The number of aromatic hydroxyl groups is 1. The molecule has 1 aromatic rings. The summed E-state index contributed by atoms with van der Waals surface area (Å²) in [6.07, 6.45) is 4.36. The summed E-state index contributed by atoms with van der Waals surface area (Å²) in [6.45, 7) is 6.52. The molecule has 2 unspecified atom stereocenters. The Hall–Kier alpha value is -1.64. The summed E-state index contributed by atoms with van der Waals surface area (Å²) in [5.74, 6) is 1.99. The number of phenols is 1. The molecule has 0 spiro atoms. The van der Waals surface area contributed by atoms with E-state index in [1.54, 1.807) is 0 Å². The summed E-state index contributed by atoms with van der Waals surface area (Å²) < 4.78 is 6.28. The van der Waals surface area contributed by atoms with Crippen LogP contribution in [0.4, 0.5) is 5.69 Å². The first-order chi connectivity index (χ1) is 9.79. The fourth-order valence-corrected chi connectivity index (χ4v) is 3.81. The second kappa shape index (κ2) is 4.69. The zero-order valence-corrected chi connectivity index (χ0v) is 13.6. The molecule has 0 fully saturated rings. The lowest BCUT2D eigenvalue weighted by Gasteiger charge is -2.47. The molecule has 0 bridgehead atoms. The molecule has 0 amide bonds. The van der Waals surface area contributed by atoms with Crippen molar-refractivity contribution >= 4 is 5.69 Å². The van der Waals surface area contributed by atoms with Crippen LogP contribution in [-0.2, 0) is 0 Å². The van der Waals surface area contributed by atoms with Gasteiger partial charge in [-0.1, -0.05) is 11.6 Å². The minimum Gasteiger partial charge on any atom is -0.507 e.